The molecule has 20 heavy (non-hydrogen) atoms. The molecule has 1 aliphatic carbocycles. The summed E-state index contributed by atoms with van der Waals surface area (Å²) >= 11 is 0. The smallest absolute Gasteiger partial charge is 0.195 e. The first-order chi connectivity index (χ1) is 9.65. The quantitative estimate of drug-likeness (QED) is 0.686. The zero-order chi connectivity index (χ0) is 14.1. The van der Waals surface area contributed by atoms with Gasteiger partial charge in [-0.05, 0) is 49.2 Å². The summed E-state index contributed by atoms with van der Waals surface area (Å²) in [6.45, 7) is 0. The highest BCUT2D eigenvalue weighted by atomic mass is 19.1. The lowest BCUT2D eigenvalue weighted by Gasteiger charge is -2.07. The molecule has 0 aromatic heterocycles. The van der Waals surface area contributed by atoms with E-state index in [1.54, 1.807) is 24.3 Å². The van der Waals surface area contributed by atoms with Crippen LogP contribution in [-0.2, 0) is 0 Å². The lowest BCUT2D eigenvalue weighted by Crippen LogP contribution is -2.07. The van der Waals surface area contributed by atoms with Crippen LogP contribution in [0.2, 0.25) is 0 Å². The van der Waals surface area contributed by atoms with Gasteiger partial charge < -0.3 is 10.5 Å². The van der Waals surface area contributed by atoms with Crippen molar-refractivity contribution >= 4 is 11.5 Å². The second kappa shape index (κ2) is 4.96. The number of nitrogen functional groups attached to an aromatic ring is 1. The summed E-state index contributed by atoms with van der Waals surface area (Å²) in [6.07, 6.45) is 2.48. The second-order valence-corrected chi connectivity index (χ2v) is 4.87. The number of anilines is 1. The molecule has 0 spiro atoms. The third kappa shape index (κ3) is 2.50. The van der Waals surface area contributed by atoms with Crippen molar-refractivity contribution < 1.29 is 13.9 Å². The van der Waals surface area contributed by atoms with Gasteiger partial charge in [-0.1, -0.05) is 6.07 Å². The van der Waals surface area contributed by atoms with Gasteiger partial charge in [0.1, 0.15) is 11.6 Å². The minimum absolute atomic E-state index is 0.115. The predicted molar refractivity (Wildman–Crippen MR) is 74.3 cm³/mol. The molecule has 0 saturated heterocycles. The molecule has 1 saturated carbocycles. The highest BCUT2D eigenvalue weighted by Gasteiger charge is 2.23. The van der Waals surface area contributed by atoms with Crippen molar-refractivity contribution in [3.8, 4) is 5.75 Å². The number of para-hydroxylation sites is 1. The predicted octanol–water partition coefficient (Wildman–Crippen LogP) is 3.18. The van der Waals surface area contributed by atoms with E-state index >= 15 is 0 Å². The third-order valence-electron chi connectivity index (χ3n) is 3.24. The summed E-state index contributed by atoms with van der Waals surface area (Å²) in [5.41, 5.74) is 6.13. The van der Waals surface area contributed by atoms with Crippen LogP contribution in [0.1, 0.15) is 28.8 Å². The fourth-order valence-electron chi connectivity index (χ4n) is 1.95. The zero-order valence-corrected chi connectivity index (χ0v) is 10.8. The van der Waals surface area contributed by atoms with Gasteiger partial charge in [-0.3, -0.25) is 4.79 Å². The fraction of sp³-hybridized carbons (Fsp3) is 0.188. The van der Waals surface area contributed by atoms with Crippen molar-refractivity contribution in [2.24, 2.45) is 0 Å². The summed E-state index contributed by atoms with van der Waals surface area (Å²) in [5.74, 6) is -0.124. The monoisotopic (exact) mass is 271 g/mol. The second-order valence-electron chi connectivity index (χ2n) is 4.87. The van der Waals surface area contributed by atoms with E-state index in [2.05, 4.69) is 0 Å². The number of ketones is 1. The van der Waals surface area contributed by atoms with Gasteiger partial charge >= 0.3 is 0 Å². The molecule has 0 heterocycles. The van der Waals surface area contributed by atoms with E-state index in [-0.39, 0.29) is 17.0 Å². The summed E-state index contributed by atoms with van der Waals surface area (Å²) in [6, 6.07) is 11.1. The van der Waals surface area contributed by atoms with Crippen LogP contribution in [0.4, 0.5) is 10.1 Å². The number of carbonyl (C=O) groups is 1. The number of benzene rings is 2. The van der Waals surface area contributed by atoms with Crippen LogP contribution in [0.15, 0.2) is 42.5 Å². The number of halogens is 1. The maximum Gasteiger partial charge on any atom is 0.195 e. The van der Waals surface area contributed by atoms with Crippen LogP contribution < -0.4 is 10.5 Å². The minimum atomic E-state index is -0.579. The highest BCUT2D eigenvalue weighted by Crippen LogP contribution is 2.27. The van der Waals surface area contributed by atoms with E-state index in [1.165, 1.54) is 18.2 Å². The van der Waals surface area contributed by atoms with Gasteiger partial charge in [-0.15, -0.1) is 0 Å². The number of hydrogen-bond donors (Lipinski definition) is 1. The Hall–Kier alpha value is -2.36. The van der Waals surface area contributed by atoms with E-state index in [4.69, 9.17) is 10.5 Å². The standard InChI is InChI=1S/C16H14FNO2/c17-14-3-1-2-13(15(14)18)16(19)10-4-6-11(7-5-10)20-12-8-9-12/h1-7,12H,8-9,18H2. The third-order valence-corrected chi connectivity index (χ3v) is 3.24. The molecule has 0 amide bonds. The largest absolute Gasteiger partial charge is 0.490 e. The number of ether oxygens (including phenoxy) is 1. The topological polar surface area (TPSA) is 52.3 Å². The summed E-state index contributed by atoms with van der Waals surface area (Å²) in [4.78, 5) is 12.3. The van der Waals surface area contributed by atoms with Crippen molar-refractivity contribution in [1.29, 1.82) is 0 Å². The van der Waals surface area contributed by atoms with E-state index in [9.17, 15) is 9.18 Å². The maximum atomic E-state index is 13.4. The van der Waals surface area contributed by atoms with Crippen LogP contribution in [0.25, 0.3) is 0 Å². The molecule has 0 bridgehead atoms. The molecule has 0 aliphatic heterocycles. The summed E-state index contributed by atoms with van der Waals surface area (Å²) in [7, 11) is 0. The summed E-state index contributed by atoms with van der Waals surface area (Å²) < 4.78 is 19.0. The molecular formula is C16H14FNO2. The van der Waals surface area contributed by atoms with E-state index in [0.29, 0.717) is 11.7 Å². The lowest BCUT2D eigenvalue weighted by atomic mass is 10.0. The van der Waals surface area contributed by atoms with Gasteiger partial charge in [0.15, 0.2) is 5.78 Å². The molecule has 2 aromatic rings. The average molecular weight is 271 g/mol. The average Bonchev–Trinajstić information content (AvgIpc) is 3.26. The molecule has 1 fully saturated rings. The molecule has 0 unspecified atom stereocenters. The molecule has 1 aliphatic rings. The van der Waals surface area contributed by atoms with E-state index < -0.39 is 5.82 Å². The summed E-state index contributed by atoms with van der Waals surface area (Å²) in [5, 5.41) is 0. The van der Waals surface area contributed by atoms with Gasteiger partial charge in [0.25, 0.3) is 0 Å². The molecule has 4 heteroatoms. The molecule has 3 nitrogen and oxygen atoms in total. The first kappa shape index (κ1) is 12.7. The first-order valence-corrected chi connectivity index (χ1v) is 6.50. The van der Waals surface area contributed by atoms with Crippen molar-refractivity contribution in [3.05, 3.63) is 59.4 Å². The van der Waals surface area contributed by atoms with Crippen LogP contribution >= 0.6 is 0 Å². The Morgan fingerprint density at radius 2 is 1.85 bits per heavy atom. The molecule has 0 radical (unpaired) electrons. The van der Waals surface area contributed by atoms with Crippen molar-refractivity contribution in [2.75, 3.05) is 5.73 Å². The SMILES string of the molecule is Nc1c(F)cccc1C(=O)c1ccc(OC2CC2)cc1. The van der Waals surface area contributed by atoms with Crippen LogP contribution in [0.5, 0.6) is 5.75 Å². The molecule has 102 valence electrons. The Bertz CT molecular complexity index is 648. The van der Waals surface area contributed by atoms with Crippen LogP contribution in [-0.4, -0.2) is 11.9 Å². The Kier molecular flexibility index (Phi) is 3.14. The van der Waals surface area contributed by atoms with Crippen molar-refractivity contribution in [1.82, 2.24) is 0 Å². The number of nitrogens with two attached hydrogens (primary N) is 1. The van der Waals surface area contributed by atoms with Crippen LogP contribution in [0.3, 0.4) is 0 Å². The Morgan fingerprint density at radius 3 is 2.50 bits per heavy atom. The molecule has 2 aromatic carbocycles. The first-order valence-electron chi connectivity index (χ1n) is 6.50. The van der Waals surface area contributed by atoms with Crippen molar-refractivity contribution in [3.63, 3.8) is 0 Å². The Labute approximate surface area is 116 Å². The highest BCUT2D eigenvalue weighted by molar-refractivity contribution is 6.12. The number of rotatable bonds is 4. The fourth-order valence-corrected chi connectivity index (χ4v) is 1.95. The lowest BCUT2D eigenvalue weighted by molar-refractivity contribution is 0.103. The zero-order valence-electron chi connectivity index (χ0n) is 10.8. The van der Waals surface area contributed by atoms with Gasteiger partial charge in [-0.2, -0.15) is 0 Å². The molecule has 0 atom stereocenters. The van der Waals surface area contributed by atoms with E-state index in [0.717, 1.165) is 18.6 Å². The van der Waals surface area contributed by atoms with Crippen LogP contribution in [0, 0.1) is 5.82 Å². The maximum absolute atomic E-state index is 13.4. The number of carbonyl (C=O) groups excluding carboxylic acids is 1. The minimum Gasteiger partial charge on any atom is -0.490 e. The number of hydrogen-bond acceptors (Lipinski definition) is 3. The normalized spacial score (nSPS) is 14.1. The van der Waals surface area contributed by atoms with Gasteiger partial charge in [0.2, 0.25) is 0 Å². The van der Waals surface area contributed by atoms with Gasteiger partial charge in [-0.25, -0.2) is 4.39 Å². The Morgan fingerprint density at radius 1 is 1.15 bits per heavy atom. The van der Waals surface area contributed by atoms with E-state index in [1.807, 2.05) is 0 Å². The van der Waals surface area contributed by atoms with Crippen molar-refractivity contribution in [2.45, 2.75) is 18.9 Å². The van der Waals surface area contributed by atoms with Gasteiger partial charge in [0.05, 0.1) is 11.8 Å². The Balaban J connectivity index is 1.84. The van der Waals surface area contributed by atoms with Gasteiger partial charge in [0, 0.05) is 11.1 Å². The molecule has 2 N–H and O–H groups in total. The molecule has 3 rings (SSSR count). The molecular weight excluding hydrogens is 257 g/mol.